The fourth-order valence-corrected chi connectivity index (χ4v) is 2.26. The lowest BCUT2D eigenvalue weighted by atomic mass is 9.91. The Morgan fingerprint density at radius 2 is 0.786 bits per heavy atom. The van der Waals surface area contributed by atoms with Crippen molar-refractivity contribution in [1.29, 1.82) is 0 Å². The fraction of sp³-hybridized carbons (Fsp3) is 1.00. The van der Waals surface area contributed by atoms with E-state index in [0.717, 1.165) is 12.8 Å². The molecule has 0 amide bonds. The molecule has 0 saturated carbocycles. The summed E-state index contributed by atoms with van der Waals surface area (Å²) in [6.07, 6.45) is -7.43. The molecule has 0 fully saturated rings. The van der Waals surface area contributed by atoms with Crippen LogP contribution in [0.15, 0.2) is 0 Å². The summed E-state index contributed by atoms with van der Waals surface area (Å²) in [5.74, 6) is -36.2. The first kappa shape index (κ1) is 27.1. The summed E-state index contributed by atoms with van der Waals surface area (Å²) < 4.78 is 167. The molecular formula is C15H19F13. The molecule has 0 aromatic rings. The minimum absolute atomic E-state index is 0.171. The van der Waals surface area contributed by atoms with Gasteiger partial charge in [-0.05, 0) is 6.42 Å². The molecule has 0 radical (unpaired) electrons. The standard InChI is InChI=1S/C15H19F13/c1-2-3-4-5-6-7-8-9-10(16,17)11(18,19)12(20,21)13(22,23)14(24,25)15(26,27)28/h2-9H2,1H3. The van der Waals surface area contributed by atoms with Crippen LogP contribution in [0.25, 0.3) is 0 Å². The van der Waals surface area contributed by atoms with Gasteiger partial charge in [0.1, 0.15) is 0 Å². The zero-order valence-electron chi connectivity index (χ0n) is 14.6. The van der Waals surface area contributed by atoms with Gasteiger partial charge in [-0.2, -0.15) is 57.1 Å². The topological polar surface area (TPSA) is 0 Å². The van der Waals surface area contributed by atoms with Gasteiger partial charge >= 0.3 is 35.8 Å². The zero-order valence-corrected chi connectivity index (χ0v) is 14.6. The van der Waals surface area contributed by atoms with E-state index in [1.807, 2.05) is 6.92 Å². The molecule has 0 heterocycles. The molecule has 0 spiro atoms. The Kier molecular flexibility index (Phi) is 8.56. The molecule has 0 nitrogen and oxygen atoms in total. The molecule has 0 unspecified atom stereocenters. The highest BCUT2D eigenvalue weighted by molar-refractivity contribution is 5.10. The molecule has 0 saturated heterocycles. The number of rotatable bonds is 12. The molecule has 13 heteroatoms. The summed E-state index contributed by atoms with van der Waals surface area (Å²) >= 11 is 0. The summed E-state index contributed by atoms with van der Waals surface area (Å²) in [7, 11) is 0. The molecule has 0 aliphatic rings. The van der Waals surface area contributed by atoms with Crippen LogP contribution in [0.5, 0.6) is 0 Å². The van der Waals surface area contributed by atoms with Crippen molar-refractivity contribution in [1.82, 2.24) is 0 Å². The van der Waals surface area contributed by atoms with Crippen LogP contribution in [0.3, 0.4) is 0 Å². The second-order valence-electron chi connectivity index (χ2n) is 6.37. The summed E-state index contributed by atoms with van der Waals surface area (Å²) in [6, 6.07) is 0. The molecule has 0 bridgehead atoms. The van der Waals surface area contributed by atoms with Crippen LogP contribution >= 0.6 is 0 Å². The van der Waals surface area contributed by atoms with Crippen LogP contribution in [0.4, 0.5) is 57.1 Å². The molecule has 0 aromatic carbocycles. The quantitative estimate of drug-likeness (QED) is 0.211. The van der Waals surface area contributed by atoms with Crippen LogP contribution in [-0.2, 0) is 0 Å². The first-order valence-electron chi connectivity index (χ1n) is 8.27. The van der Waals surface area contributed by atoms with E-state index in [9.17, 15) is 57.1 Å². The van der Waals surface area contributed by atoms with Crippen molar-refractivity contribution in [3.8, 4) is 0 Å². The lowest BCUT2D eigenvalue weighted by Gasteiger charge is -2.39. The lowest BCUT2D eigenvalue weighted by molar-refractivity contribution is -0.440. The van der Waals surface area contributed by atoms with Gasteiger partial charge in [0.25, 0.3) is 0 Å². The lowest BCUT2D eigenvalue weighted by Crippen LogP contribution is -2.70. The number of halogens is 13. The first-order valence-corrected chi connectivity index (χ1v) is 8.27. The highest BCUT2D eigenvalue weighted by atomic mass is 19.4. The van der Waals surface area contributed by atoms with Crippen molar-refractivity contribution < 1.29 is 57.1 Å². The fourth-order valence-electron chi connectivity index (χ4n) is 2.26. The van der Waals surface area contributed by atoms with Crippen LogP contribution in [0, 0.1) is 0 Å². The maximum atomic E-state index is 13.5. The number of hydrogen-bond acceptors (Lipinski definition) is 0. The predicted molar refractivity (Wildman–Crippen MR) is 73.4 cm³/mol. The van der Waals surface area contributed by atoms with Gasteiger partial charge in [-0.3, -0.25) is 0 Å². The maximum absolute atomic E-state index is 13.5. The van der Waals surface area contributed by atoms with E-state index >= 15 is 0 Å². The van der Waals surface area contributed by atoms with Gasteiger partial charge in [-0.15, -0.1) is 0 Å². The van der Waals surface area contributed by atoms with Crippen molar-refractivity contribution in [2.75, 3.05) is 0 Å². The van der Waals surface area contributed by atoms with Gasteiger partial charge in [0.15, 0.2) is 0 Å². The van der Waals surface area contributed by atoms with Crippen LogP contribution < -0.4 is 0 Å². The number of hydrogen-bond donors (Lipinski definition) is 0. The summed E-state index contributed by atoms with van der Waals surface area (Å²) in [6.45, 7) is 1.86. The Hall–Kier alpha value is -0.910. The van der Waals surface area contributed by atoms with Crippen LogP contribution in [0.1, 0.15) is 58.3 Å². The molecule has 0 N–H and O–H groups in total. The van der Waals surface area contributed by atoms with Gasteiger partial charge in [0.2, 0.25) is 0 Å². The van der Waals surface area contributed by atoms with Crippen molar-refractivity contribution in [3.05, 3.63) is 0 Å². The van der Waals surface area contributed by atoms with E-state index < -0.39 is 48.6 Å². The highest BCUT2D eigenvalue weighted by Crippen LogP contribution is 2.60. The molecule has 0 atom stereocenters. The third kappa shape index (κ3) is 4.98. The van der Waals surface area contributed by atoms with Crippen LogP contribution in [-0.4, -0.2) is 35.8 Å². The first-order chi connectivity index (χ1) is 12.3. The Bertz CT molecular complexity index is 479. The van der Waals surface area contributed by atoms with E-state index in [0.29, 0.717) is 12.8 Å². The number of alkyl halides is 13. The zero-order chi connectivity index (χ0) is 22.7. The smallest absolute Gasteiger partial charge is 0.200 e. The van der Waals surface area contributed by atoms with Crippen molar-refractivity contribution in [2.24, 2.45) is 0 Å². The monoisotopic (exact) mass is 446 g/mol. The van der Waals surface area contributed by atoms with Crippen molar-refractivity contribution >= 4 is 0 Å². The minimum atomic E-state index is -7.81. The van der Waals surface area contributed by atoms with Crippen LogP contribution in [0.2, 0.25) is 0 Å². The van der Waals surface area contributed by atoms with Gasteiger partial charge < -0.3 is 0 Å². The maximum Gasteiger partial charge on any atom is 0.460 e. The van der Waals surface area contributed by atoms with Gasteiger partial charge in [-0.1, -0.05) is 45.4 Å². The average Bonchev–Trinajstić information content (AvgIpc) is 2.52. The van der Waals surface area contributed by atoms with Crippen molar-refractivity contribution in [3.63, 3.8) is 0 Å². The largest absolute Gasteiger partial charge is 0.460 e. The molecule has 170 valence electrons. The summed E-state index contributed by atoms with van der Waals surface area (Å²) in [5.41, 5.74) is 0. The summed E-state index contributed by atoms with van der Waals surface area (Å²) in [5, 5.41) is 0. The molecule has 28 heavy (non-hydrogen) atoms. The predicted octanol–water partition coefficient (Wildman–Crippen LogP) is 7.87. The van der Waals surface area contributed by atoms with Gasteiger partial charge in [-0.25, -0.2) is 0 Å². The Morgan fingerprint density at radius 1 is 0.429 bits per heavy atom. The minimum Gasteiger partial charge on any atom is -0.200 e. The molecule has 0 aliphatic carbocycles. The number of unbranched alkanes of at least 4 members (excludes halogenated alkanes) is 6. The Balaban J connectivity index is 5.35. The van der Waals surface area contributed by atoms with Crippen molar-refractivity contribution in [2.45, 2.75) is 94.1 Å². The third-order valence-electron chi connectivity index (χ3n) is 4.09. The van der Waals surface area contributed by atoms with Gasteiger partial charge in [0.05, 0.1) is 0 Å². The van der Waals surface area contributed by atoms with Gasteiger partial charge in [0, 0.05) is 6.42 Å². The van der Waals surface area contributed by atoms with E-state index in [1.54, 1.807) is 0 Å². The second-order valence-corrected chi connectivity index (χ2v) is 6.37. The Morgan fingerprint density at radius 3 is 1.18 bits per heavy atom. The Labute approximate surface area is 152 Å². The SMILES string of the molecule is CCCCCCCCCC(F)(F)C(F)(F)C(F)(F)C(F)(F)C(F)(F)C(F)(F)F. The van der Waals surface area contributed by atoms with E-state index in [-0.39, 0.29) is 12.8 Å². The molecular weight excluding hydrogens is 427 g/mol. The molecule has 0 rings (SSSR count). The molecule has 0 aromatic heterocycles. The highest BCUT2D eigenvalue weighted by Gasteiger charge is 2.90. The average molecular weight is 446 g/mol. The van der Waals surface area contributed by atoms with E-state index in [1.165, 1.54) is 0 Å². The third-order valence-corrected chi connectivity index (χ3v) is 4.09. The normalized spacial score (nSPS) is 15.2. The summed E-state index contributed by atoms with van der Waals surface area (Å²) in [4.78, 5) is 0. The molecule has 0 aliphatic heterocycles. The second kappa shape index (κ2) is 8.85. The van der Waals surface area contributed by atoms with E-state index in [4.69, 9.17) is 0 Å². The van der Waals surface area contributed by atoms with E-state index in [2.05, 4.69) is 0 Å².